The van der Waals surface area contributed by atoms with Gasteiger partial charge in [0, 0.05) is 18.2 Å². The molecule has 0 radical (unpaired) electrons. The van der Waals surface area contributed by atoms with Crippen LogP contribution in [0.5, 0.6) is 0 Å². The van der Waals surface area contributed by atoms with E-state index in [2.05, 4.69) is 20.5 Å². The maximum absolute atomic E-state index is 12.4. The molecule has 0 spiro atoms. The Kier molecular flexibility index (Phi) is 4.41. The first-order valence-electron chi connectivity index (χ1n) is 7.77. The highest BCUT2D eigenvalue weighted by molar-refractivity contribution is 5.79. The zero-order valence-electron chi connectivity index (χ0n) is 13.6. The number of benzene rings is 1. The van der Waals surface area contributed by atoms with Crippen LogP contribution in [0.1, 0.15) is 18.3 Å². The number of nitrogens with one attached hydrogen (secondary N) is 2. The first-order chi connectivity index (χ1) is 11.5. The summed E-state index contributed by atoms with van der Waals surface area (Å²) in [6, 6.07) is 8.95. The molecule has 0 unspecified atom stereocenters. The largest absolute Gasteiger partial charge is 0.352 e. The molecule has 0 saturated carbocycles. The third-order valence-corrected chi connectivity index (χ3v) is 3.73. The van der Waals surface area contributed by atoms with Gasteiger partial charge in [-0.3, -0.25) is 19.3 Å². The summed E-state index contributed by atoms with van der Waals surface area (Å²) < 4.78 is 1.32. The highest BCUT2D eigenvalue weighted by Gasteiger charge is 2.12. The quantitative estimate of drug-likeness (QED) is 0.736. The van der Waals surface area contributed by atoms with E-state index < -0.39 is 0 Å². The van der Waals surface area contributed by atoms with Crippen LogP contribution in [0.2, 0.25) is 0 Å². The van der Waals surface area contributed by atoms with Crippen LogP contribution < -0.4 is 10.9 Å². The minimum absolute atomic E-state index is 0.0550. The number of aromatic amines is 1. The van der Waals surface area contributed by atoms with E-state index in [0.717, 1.165) is 11.4 Å². The second-order valence-electron chi connectivity index (χ2n) is 5.91. The first-order valence-corrected chi connectivity index (χ1v) is 7.77. The minimum atomic E-state index is -0.228. The average Bonchev–Trinajstić information content (AvgIpc) is 2.95. The molecule has 1 amide bonds. The van der Waals surface area contributed by atoms with Gasteiger partial charge in [0.2, 0.25) is 5.91 Å². The molecule has 0 bridgehead atoms. The molecule has 0 aliphatic rings. The van der Waals surface area contributed by atoms with Crippen LogP contribution >= 0.6 is 0 Å². The smallest absolute Gasteiger partial charge is 0.261 e. The molecule has 7 nitrogen and oxygen atoms in total. The van der Waals surface area contributed by atoms with Crippen molar-refractivity contribution in [2.75, 3.05) is 0 Å². The molecular formula is C17H19N5O2. The molecule has 1 aromatic carbocycles. The van der Waals surface area contributed by atoms with Gasteiger partial charge in [-0.05, 0) is 32.0 Å². The lowest BCUT2D eigenvalue weighted by Gasteiger charge is -2.13. The van der Waals surface area contributed by atoms with Crippen LogP contribution in [-0.4, -0.2) is 31.7 Å². The van der Waals surface area contributed by atoms with Gasteiger partial charge in [-0.1, -0.05) is 12.1 Å². The number of amides is 1. The van der Waals surface area contributed by atoms with E-state index in [1.807, 2.05) is 26.0 Å². The lowest BCUT2D eigenvalue weighted by molar-refractivity contribution is -0.122. The number of rotatable bonds is 5. The monoisotopic (exact) mass is 325 g/mol. The summed E-state index contributed by atoms with van der Waals surface area (Å²) >= 11 is 0. The molecule has 24 heavy (non-hydrogen) atoms. The van der Waals surface area contributed by atoms with Crippen molar-refractivity contribution >= 4 is 16.8 Å². The Labute approximate surface area is 138 Å². The highest BCUT2D eigenvalue weighted by atomic mass is 16.2. The molecule has 3 aromatic rings. The Bertz CT molecular complexity index is 928. The molecule has 0 fully saturated rings. The van der Waals surface area contributed by atoms with Gasteiger partial charge in [0.25, 0.3) is 5.56 Å². The van der Waals surface area contributed by atoms with Crippen molar-refractivity contribution in [2.45, 2.75) is 32.9 Å². The third kappa shape index (κ3) is 3.51. The zero-order valence-corrected chi connectivity index (χ0v) is 13.6. The van der Waals surface area contributed by atoms with Crippen molar-refractivity contribution in [3.8, 4) is 0 Å². The number of carbonyl (C=O) groups excluding carboxylic acids is 1. The van der Waals surface area contributed by atoms with Crippen LogP contribution in [0, 0.1) is 6.92 Å². The third-order valence-electron chi connectivity index (χ3n) is 3.73. The van der Waals surface area contributed by atoms with Gasteiger partial charge >= 0.3 is 0 Å². The van der Waals surface area contributed by atoms with Crippen LogP contribution in [-0.2, 0) is 17.8 Å². The summed E-state index contributed by atoms with van der Waals surface area (Å²) in [5.74, 6) is -0.228. The fraction of sp³-hybridized carbons (Fsp3) is 0.294. The molecule has 2 heterocycles. The van der Waals surface area contributed by atoms with Gasteiger partial charge in [0.1, 0.15) is 6.54 Å². The molecule has 1 atom stereocenters. The van der Waals surface area contributed by atoms with Crippen LogP contribution in [0.3, 0.4) is 0 Å². The van der Waals surface area contributed by atoms with E-state index in [4.69, 9.17) is 0 Å². The highest BCUT2D eigenvalue weighted by Crippen LogP contribution is 2.05. The van der Waals surface area contributed by atoms with Crippen molar-refractivity contribution in [3.63, 3.8) is 0 Å². The fourth-order valence-electron chi connectivity index (χ4n) is 2.64. The molecule has 2 aromatic heterocycles. The van der Waals surface area contributed by atoms with Gasteiger partial charge in [0.05, 0.1) is 22.9 Å². The second-order valence-corrected chi connectivity index (χ2v) is 5.91. The van der Waals surface area contributed by atoms with E-state index in [1.165, 1.54) is 10.9 Å². The van der Waals surface area contributed by atoms with E-state index in [0.29, 0.717) is 17.3 Å². The van der Waals surface area contributed by atoms with Gasteiger partial charge in [-0.15, -0.1) is 0 Å². The molecule has 124 valence electrons. The van der Waals surface area contributed by atoms with E-state index in [1.54, 1.807) is 18.2 Å². The fourth-order valence-corrected chi connectivity index (χ4v) is 2.64. The summed E-state index contributed by atoms with van der Waals surface area (Å²) in [6.07, 6.45) is 2.03. The van der Waals surface area contributed by atoms with Crippen LogP contribution in [0.25, 0.3) is 10.9 Å². The maximum Gasteiger partial charge on any atom is 0.261 e. The predicted molar refractivity (Wildman–Crippen MR) is 90.6 cm³/mol. The number of para-hydroxylation sites is 1. The van der Waals surface area contributed by atoms with E-state index in [-0.39, 0.29) is 24.1 Å². The molecule has 7 heteroatoms. The molecular weight excluding hydrogens is 306 g/mol. The lowest BCUT2D eigenvalue weighted by atomic mass is 10.2. The topological polar surface area (TPSA) is 92.7 Å². The van der Waals surface area contributed by atoms with Crippen LogP contribution in [0.15, 0.2) is 41.5 Å². The van der Waals surface area contributed by atoms with Gasteiger partial charge in [0.15, 0.2) is 0 Å². The molecule has 2 N–H and O–H groups in total. The Morgan fingerprint density at radius 3 is 2.92 bits per heavy atom. The second kappa shape index (κ2) is 6.66. The van der Waals surface area contributed by atoms with Crippen molar-refractivity contribution in [1.82, 2.24) is 25.1 Å². The Hall–Kier alpha value is -2.96. The number of aromatic nitrogens is 4. The average molecular weight is 325 g/mol. The molecule has 3 rings (SSSR count). The van der Waals surface area contributed by atoms with Crippen molar-refractivity contribution in [1.29, 1.82) is 0 Å². The predicted octanol–water partition coefficient (Wildman–Crippen LogP) is 1.18. The Morgan fingerprint density at radius 2 is 2.17 bits per heavy atom. The zero-order chi connectivity index (χ0) is 17.1. The van der Waals surface area contributed by atoms with Gasteiger partial charge in [-0.2, -0.15) is 5.10 Å². The van der Waals surface area contributed by atoms with Crippen molar-refractivity contribution in [3.05, 3.63) is 58.4 Å². The number of nitrogens with zero attached hydrogens (tertiary/aromatic N) is 3. The minimum Gasteiger partial charge on any atom is -0.352 e. The SMILES string of the molecule is Cc1cc(C[C@H](C)NC(=O)Cn2cnc3ccccc3c2=O)n[nH]1. The number of hydrogen-bond donors (Lipinski definition) is 2. The summed E-state index contributed by atoms with van der Waals surface area (Å²) in [4.78, 5) is 28.8. The standard InChI is InChI=1S/C17H19N5O2/c1-11(7-13-8-12(2)20-21-13)19-16(23)9-22-10-18-15-6-4-3-5-14(15)17(22)24/h3-6,8,10-11H,7,9H2,1-2H3,(H,19,23)(H,20,21)/t11-/m0/s1. The summed E-state index contributed by atoms with van der Waals surface area (Å²) in [5.41, 5.74) is 2.29. The maximum atomic E-state index is 12.4. The summed E-state index contributed by atoms with van der Waals surface area (Å²) in [7, 11) is 0. The van der Waals surface area contributed by atoms with Crippen LogP contribution in [0.4, 0.5) is 0 Å². The van der Waals surface area contributed by atoms with Crippen molar-refractivity contribution < 1.29 is 4.79 Å². The lowest BCUT2D eigenvalue weighted by Crippen LogP contribution is -2.38. The van der Waals surface area contributed by atoms with E-state index >= 15 is 0 Å². The Balaban J connectivity index is 1.66. The number of fused-ring (bicyclic) bond motifs is 1. The number of aryl methyl sites for hydroxylation is 1. The normalized spacial score (nSPS) is 12.2. The molecule has 0 aliphatic carbocycles. The van der Waals surface area contributed by atoms with Crippen molar-refractivity contribution in [2.24, 2.45) is 0 Å². The first kappa shape index (κ1) is 15.9. The van der Waals surface area contributed by atoms with Gasteiger partial charge < -0.3 is 5.32 Å². The summed E-state index contributed by atoms with van der Waals surface area (Å²) in [5, 5.41) is 10.4. The summed E-state index contributed by atoms with van der Waals surface area (Å²) in [6.45, 7) is 3.78. The van der Waals surface area contributed by atoms with Gasteiger partial charge in [-0.25, -0.2) is 4.98 Å². The Morgan fingerprint density at radius 1 is 1.38 bits per heavy atom. The number of carbonyl (C=O) groups is 1. The number of hydrogen-bond acceptors (Lipinski definition) is 4. The molecule has 0 aliphatic heterocycles. The molecule has 0 saturated heterocycles. The van der Waals surface area contributed by atoms with E-state index in [9.17, 15) is 9.59 Å². The number of H-pyrrole nitrogens is 1.